The zero-order valence-corrected chi connectivity index (χ0v) is 13.7. The van der Waals surface area contributed by atoms with E-state index in [0.29, 0.717) is 5.56 Å². The van der Waals surface area contributed by atoms with Crippen LogP contribution in [-0.4, -0.2) is 18.2 Å². The van der Waals surface area contributed by atoms with Crippen LogP contribution in [0.4, 0.5) is 32.0 Å². The Balaban J connectivity index is 2.05. The SMILES string of the molecule is C/C(=N/OCC(F)c1ccccc1)C(=O)Nc1c(F)c(F)c(F)c(F)c1F. The van der Waals surface area contributed by atoms with E-state index in [2.05, 4.69) is 9.99 Å². The van der Waals surface area contributed by atoms with E-state index in [0.717, 1.165) is 6.92 Å². The van der Waals surface area contributed by atoms with Crippen molar-refractivity contribution in [2.75, 3.05) is 11.9 Å². The van der Waals surface area contributed by atoms with E-state index >= 15 is 0 Å². The number of hydrogen-bond donors (Lipinski definition) is 1. The van der Waals surface area contributed by atoms with Crippen LogP contribution in [0.25, 0.3) is 0 Å². The fourth-order valence-corrected chi connectivity index (χ4v) is 1.92. The molecule has 4 nitrogen and oxygen atoms in total. The van der Waals surface area contributed by atoms with Crippen molar-refractivity contribution in [2.45, 2.75) is 13.1 Å². The van der Waals surface area contributed by atoms with E-state index in [1.165, 1.54) is 17.4 Å². The summed E-state index contributed by atoms with van der Waals surface area (Å²) in [7, 11) is 0. The minimum atomic E-state index is -2.35. The van der Waals surface area contributed by atoms with Gasteiger partial charge in [-0.05, 0) is 12.5 Å². The van der Waals surface area contributed by atoms with Crippen LogP contribution in [0.5, 0.6) is 0 Å². The number of nitrogens with one attached hydrogen (secondary N) is 1. The molecular formula is C17H12F6N2O2. The molecule has 0 saturated carbocycles. The summed E-state index contributed by atoms with van der Waals surface area (Å²) < 4.78 is 80.0. The van der Waals surface area contributed by atoms with Gasteiger partial charge in [0, 0.05) is 0 Å². The molecule has 0 aliphatic carbocycles. The smallest absolute Gasteiger partial charge is 0.273 e. The normalized spacial score (nSPS) is 12.6. The van der Waals surface area contributed by atoms with Crippen molar-refractivity contribution >= 4 is 17.3 Å². The molecule has 0 aromatic heterocycles. The van der Waals surface area contributed by atoms with Crippen LogP contribution < -0.4 is 5.32 Å². The molecule has 0 heterocycles. The first-order valence-corrected chi connectivity index (χ1v) is 7.42. The van der Waals surface area contributed by atoms with E-state index in [9.17, 15) is 31.1 Å². The first-order chi connectivity index (χ1) is 12.7. The third-order valence-electron chi connectivity index (χ3n) is 3.36. The van der Waals surface area contributed by atoms with Crippen LogP contribution in [0.3, 0.4) is 0 Å². The number of benzene rings is 2. The third kappa shape index (κ3) is 4.57. The van der Waals surface area contributed by atoms with Crippen molar-refractivity contribution in [3.63, 3.8) is 0 Å². The van der Waals surface area contributed by atoms with Crippen LogP contribution >= 0.6 is 0 Å². The quantitative estimate of drug-likeness (QED) is 0.261. The summed E-state index contributed by atoms with van der Waals surface area (Å²) >= 11 is 0. The van der Waals surface area contributed by atoms with Gasteiger partial charge in [-0.1, -0.05) is 35.5 Å². The molecule has 0 aliphatic heterocycles. The molecular weight excluding hydrogens is 378 g/mol. The number of hydrogen-bond acceptors (Lipinski definition) is 3. The molecule has 1 atom stereocenters. The number of oxime groups is 1. The van der Waals surface area contributed by atoms with Gasteiger partial charge in [0.2, 0.25) is 5.82 Å². The molecule has 1 amide bonds. The van der Waals surface area contributed by atoms with E-state index in [1.807, 2.05) is 0 Å². The van der Waals surface area contributed by atoms with Gasteiger partial charge in [-0.2, -0.15) is 0 Å². The van der Waals surface area contributed by atoms with Crippen molar-refractivity contribution in [1.29, 1.82) is 0 Å². The average molecular weight is 390 g/mol. The highest BCUT2D eigenvalue weighted by molar-refractivity contribution is 6.42. The summed E-state index contributed by atoms with van der Waals surface area (Å²) in [4.78, 5) is 16.4. The minimum absolute atomic E-state index is 0.302. The topological polar surface area (TPSA) is 50.7 Å². The zero-order valence-electron chi connectivity index (χ0n) is 13.7. The highest BCUT2D eigenvalue weighted by atomic mass is 19.2. The second-order valence-corrected chi connectivity index (χ2v) is 5.25. The van der Waals surface area contributed by atoms with Gasteiger partial charge in [-0.25, -0.2) is 26.3 Å². The van der Waals surface area contributed by atoms with E-state index < -0.39 is 59.2 Å². The highest BCUT2D eigenvalue weighted by Gasteiger charge is 2.27. The molecule has 1 N–H and O–H groups in total. The fraction of sp³-hybridized carbons (Fsp3) is 0.176. The Morgan fingerprint density at radius 3 is 2.07 bits per heavy atom. The van der Waals surface area contributed by atoms with Gasteiger partial charge in [-0.3, -0.25) is 4.79 Å². The second-order valence-electron chi connectivity index (χ2n) is 5.25. The molecule has 27 heavy (non-hydrogen) atoms. The Morgan fingerprint density at radius 1 is 1.00 bits per heavy atom. The Hall–Kier alpha value is -3.04. The molecule has 2 aromatic rings. The molecule has 2 rings (SSSR count). The molecule has 0 aliphatic rings. The number of carbonyl (C=O) groups is 1. The first kappa shape index (κ1) is 20.3. The number of rotatable bonds is 6. The Kier molecular flexibility index (Phi) is 6.43. The predicted molar refractivity (Wildman–Crippen MR) is 84.2 cm³/mol. The Bertz CT molecular complexity index is 844. The van der Waals surface area contributed by atoms with Gasteiger partial charge < -0.3 is 10.2 Å². The molecule has 0 spiro atoms. The van der Waals surface area contributed by atoms with E-state index in [1.54, 1.807) is 18.2 Å². The highest BCUT2D eigenvalue weighted by Crippen LogP contribution is 2.27. The van der Waals surface area contributed by atoms with Crippen molar-refractivity contribution < 1.29 is 36.0 Å². The number of alkyl halides is 1. The fourth-order valence-electron chi connectivity index (χ4n) is 1.92. The minimum Gasteiger partial charge on any atom is -0.392 e. The maximum absolute atomic E-state index is 13.9. The molecule has 0 bridgehead atoms. The van der Waals surface area contributed by atoms with Crippen molar-refractivity contribution in [1.82, 2.24) is 0 Å². The molecule has 2 aromatic carbocycles. The predicted octanol–water partition coefficient (Wildman–Crippen LogP) is 4.42. The number of amides is 1. The largest absolute Gasteiger partial charge is 0.392 e. The summed E-state index contributed by atoms with van der Waals surface area (Å²) in [6.07, 6.45) is -1.55. The molecule has 1 unspecified atom stereocenters. The standard InChI is InChI=1S/C17H12F6N2O2/c1-8(25-27-7-10(18)9-5-3-2-4-6-9)17(26)24-16-14(22)12(20)11(19)13(21)15(16)23/h2-6,10H,7H2,1H3,(H,24,26)/b25-8-. The van der Waals surface area contributed by atoms with Crippen molar-refractivity contribution in [2.24, 2.45) is 5.16 Å². The summed E-state index contributed by atoms with van der Waals surface area (Å²) in [5, 5.41) is 4.78. The van der Waals surface area contributed by atoms with Crippen molar-refractivity contribution in [3.8, 4) is 0 Å². The van der Waals surface area contributed by atoms with Gasteiger partial charge in [0.05, 0.1) is 0 Å². The van der Waals surface area contributed by atoms with E-state index in [-0.39, 0.29) is 0 Å². The lowest BCUT2D eigenvalue weighted by molar-refractivity contribution is -0.110. The maximum Gasteiger partial charge on any atom is 0.273 e. The number of nitrogens with zero attached hydrogens (tertiary/aromatic N) is 1. The van der Waals surface area contributed by atoms with Crippen LogP contribution in [0.15, 0.2) is 35.5 Å². The Labute approximate surface area is 149 Å². The summed E-state index contributed by atoms with van der Waals surface area (Å²) in [6.45, 7) is 0.480. The third-order valence-corrected chi connectivity index (χ3v) is 3.36. The molecule has 0 saturated heterocycles. The number of halogens is 6. The lowest BCUT2D eigenvalue weighted by atomic mass is 10.1. The summed E-state index contributed by atoms with van der Waals surface area (Å²) in [6, 6.07) is 7.89. The average Bonchev–Trinajstić information content (AvgIpc) is 2.68. The summed E-state index contributed by atoms with van der Waals surface area (Å²) in [5.41, 5.74) is -1.76. The molecule has 0 radical (unpaired) electrons. The van der Waals surface area contributed by atoms with Crippen LogP contribution in [0.2, 0.25) is 0 Å². The number of carbonyl (C=O) groups excluding carboxylic acids is 1. The Morgan fingerprint density at radius 2 is 1.52 bits per heavy atom. The van der Waals surface area contributed by atoms with Crippen molar-refractivity contribution in [3.05, 3.63) is 65.0 Å². The summed E-state index contributed by atoms with van der Waals surface area (Å²) in [5.74, 6) is -12.5. The lowest BCUT2D eigenvalue weighted by Gasteiger charge is -2.10. The van der Waals surface area contributed by atoms with Crippen LogP contribution in [0, 0.1) is 29.1 Å². The number of anilines is 1. The van der Waals surface area contributed by atoms with Gasteiger partial charge >= 0.3 is 0 Å². The van der Waals surface area contributed by atoms with Gasteiger partial charge in [-0.15, -0.1) is 0 Å². The van der Waals surface area contributed by atoms with Gasteiger partial charge in [0.1, 0.15) is 11.4 Å². The zero-order chi connectivity index (χ0) is 20.1. The molecule has 10 heteroatoms. The monoisotopic (exact) mass is 390 g/mol. The van der Waals surface area contributed by atoms with Gasteiger partial charge in [0.25, 0.3) is 5.91 Å². The van der Waals surface area contributed by atoms with Gasteiger partial charge in [0.15, 0.2) is 36.0 Å². The second kappa shape index (κ2) is 8.56. The van der Waals surface area contributed by atoms with E-state index in [4.69, 9.17) is 0 Å². The van der Waals surface area contributed by atoms with Crippen LogP contribution in [0.1, 0.15) is 18.7 Å². The lowest BCUT2D eigenvalue weighted by Crippen LogP contribution is -2.23. The first-order valence-electron chi connectivity index (χ1n) is 7.42. The molecule has 0 fully saturated rings. The molecule has 144 valence electrons. The van der Waals surface area contributed by atoms with Crippen LogP contribution in [-0.2, 0) is 9.63 Å². The maximum atomic E-state index is 13.9.